The van der Waals surface area contributed by atoms with Gasteiger partial charge in [-0.1, -0.05) is 0 Å². The molecule has 12 heavy (non-hydrogen) atoms. The first-order valence-electron chi connectivity index (χ1n) is 4.09. The summed E-state index contributed by atoms with van der Waals surface area (Å²) in [5.74, 6) is -0.115. The van der Waals surface area contributed by atoms with Crippen molar-refractivity contribution in [3.05, 3.63) is 0 Å². The van der Waals surface area contributed by atoms with Crippen LogP contribution >= 0.6 is 0 Å². The van der Waals surface area contributed by atoms with E-state index in [2.05, 4.69) is 28.4 Å². The van der Waals surface area contributed by atoms with E-state index in [1.165, 1.54) is 0 Å². The lowest BCUT2D eigenvalue weighted by atomic mass is 10.4. The van der Waals surface area contributed by atoms with Crippen LogP contribution in [0.3, 0.4) is 0 Å². The van der Waals surface area contributed by atoms with E-state index in [0.717, 1.165) is 26.2 Å². The average Bonchev–Trinajstić information content (AvgIpc) is 2.55. The Morgan fingerprint density at radius 2 is 1.50 bits per heavy atom. The lowest BCUT2D eigenvalue weighted by Crippen LogP contribution is -2.65. The van der Waals surface area contributed by atoms with Gasteiger partial charge in [0.1, 0.15) is 5.79 Å². The largest absolute Gasteiger partial charge is 0.344 e. The molecule has 0 unspecified atom stereocenters. The molecule has 0 spiro atoms. The van der Waals surface area contributed by atoms with E-state index in [4.69, 9.17) is 0 Å². The summed E-state index contributed by atoms with van der Waals surface area (Å²) >= 11 is 0. The molecule has 0 aromatic carbocycles. The van der Waals surface area contributed by atoms with Crippen molar-refractivity contribution >= 4 is 0 Å². The van der Waals surface area contributed by atoms with E-state index >= 15 is 0 Å². The number of nitrogens with zero attached hydrogens (tertiary/aromatic N) is 1. The first-order valence-corrected chi connectivity index (χ1v) is 4.09. The molecular weight excluding hydrogens is 156 g/mol. The molecule has 2 fully saturated rings. The zero-order chi connectivity index (χ0) is 7.73. The fourth-order valence-corrected chi connectivity index (χ4v) is 1.54. The highest BCUT2D eigenvalue weighted by atomic mass is 15.8. The van der Waals surface area contributed by atoms with Gasteiger partial charge in [0.05, 0.1) is 0 Å². The lowest BCUT2D eigenvalue weighted by molar-refractivity contribution is 0.00509. The first kappa shape index (κ1) is 9.85. The van der Waals surface area contributed by atoms with Gasteiger partial charge in [0.15, 0.2) is 0 Å². The molecule has 7 N–H and O–H groups in total. The molecule has 0 aromatic heterocycles. The quantitative estimate of drug-likeness (QED) is 0.327. The van der Waals surface area contributed by atoms with Crippen molar-refractivity contribution in [1.29, 1.82) is 0 Å². The van der Waals surface area contributed by atoms with Crippen molar-refractivity contribution in [3.63, 3.8) is 0 Å². The molecule has 0 bridgehead atoms. The van der Waals surface area contributed by atoms with Crippen LogP contribution in [0.1, 0.15) is 6.92 Å². The van der Waals surface area contributed by atoms with Crippen molar-refractivity contribution in [3.8, 4) is 0 Å². The van der Waals surface area contributed by atoms with Crippen LogP contribution in [0.4, 0.5) is 0 Å². The molecular formula is C6H18N6. The fourth-order valence-electron chi connectivity index (χ4n) is 1.54. The fraction of sp³-hybridized carbons (Fsp3) is 1.00. The van der Waals surface area contributed by atoms with Gasteiger partial charge in [-0.05, 0) is 6.92 Å². The lowest BCUT2D eigenvalue weighted by Gasteiger charge is -2.34. The molecule has 0 aliphatic carbocycles. The predicted molar refractivity (Wildman–Crippen MR) is 47.3 cm³/mol. The zero-order valence-corrected chi connectivity index (χ0v) is 7.48. The molecule has 0 radical (unpaired) electrons. The molecule has 6 nitrogen and oxygen atoms in total. The maximum Gasteiger partial charge on any atom is 0.150 e. The zero-order valence-electron chi connectivity index (χ0n) is 7.48. The Bertz CT molecular complexity index is 137. The highest BCUT2D eigenvalue weighted by Crippen LogP contribution is 2.07. The maximum absolute atomic E-state index is 3.36. The summed E-state index contributed by atoms with van der Waals surface area (Å²) in [7, 11) is 0. The molecule has 2 aliphatic rings. The standard InChI is InChI=1S/C6H15N5.H3N/c1-6(7-2-3-8-6)11-9-4-5-10-11;/h7-10H,2-5H2,1H3;1H3. The van der Waals surface area contributed by atoms with Gasteiger partial charge in [0.2, 0.25) is 0 Å². The highest BCUT2D eigenvalue weighted by Gasteiger charge is 2.35. The highest BCUT2D eigenvalue weighted by molar-refractivity contribution is 4.85. The number of hydrogen-bond acceptors (Lipinski definition) is 6. The van der Waals surface area contributed by atoms with Crippen LogP contribution in [-0.4, -0.2) is 37.1 Å². The van der Waals surface area contributed by atoms with Gasteiger partial charge in [-0.25, -0.2) is 10.9 Å². The molecule has 2 rings (SSSR count). The molecule has 72 valence electrons. The summed E-state index contributed by atoms with van der Waals surface area (Å²) in [6, 6.07) is 0. The van der Waals surface area contributed by atoms with E-state index in [-0.39, 0.29) is 11.9 Å². The second-order valence-corrected chi connectivity index (χ2v) is 3.08. The Morgan fingerprint density at radius 3 is 2.00 bits per heavy atom. The Hall–Kier alpha value is -0.240. The van der Waals surface area contributed by atoms with Crippen LogP contribution in [0.25, 0.3) is 0 Å². The van der Waals surface area contributed by atoms with Crippen molar-refractivity contribution in [2.24, 2.45) is 0 Å². The van der Waals surface area contributed by atoms with Crippen molar-refractivity contribution < 1.29 is 0 Å². The van der Waals surface area contributed by atoms with Gasteiger partial charge in [0.25, 0.3) is 0 Å². The molecule has 2 aliphatic heterocycles. The van der Waals surface area contributed by atoms with Gasteiger partial charge < -0.3 is 6.15 Å². The van der Waals surface area contributed by atoms with Crippen LogP contribution < -0.4 is 27.6 Å². The topological polar surface area (TPSA) is 86.4 Å². The number of hydrazine groups is 2. The average molecular weight is 174 g/mol. The van der Waals surface area contributed by atoms with Crippen molar-refractivity contribution in [2.45, 2.75) is 12.7 Å². The molecule has 2 heterocycles. The van der Waals surface area contributed by atoms with Gasteiger partial charge in [0, 0.05) is 26.2 Å². The van der Waals surface area contributed by atoms with Crippen LogP contribution in [0.2, 0.25) is 0 Å². The minimum atomic E-state index is -0.115. The number of hydrogen-bond donors (Lipinski definition) is 5. The van der Waals surface area contributed by atoms with Gasteiger partial charge in [-0.15, -0.1) is 5.12 Å². The minimum Gasteiger partial charge on any atom is -0.344 e. The Balaban J connectivity index is 0.000000720. The van der Waals surface area contributed by atoms with E-state index in [1.54, 1.807) is 0 Å². The van der Waals surface area contributed by atoms with Crippen LogP contribution in [0.5, 0.6) is 0 Å². The van der Waals surface area contributed by atoms with E-state index in [1.807, 2.05) is 5.12 Å². The summed E-state index contributed by atoms with van der Waals surface area (Å²) in [6.07, 6.45) is 0. The Kier molecular flexibility index (Phi) is 2.99. The van der Waals surface area contributed by atoms with Crippen molar-refractivity contribution in [1.82, 2.24) is 32.8 Å². The Labute approximate surface area is 72.6 Å². The second-order valence-electron chi connectivity index (χ2n) is 3.08. The van der Waals surface area contributed by atoms with Crippen molar-refractivity contribution in [2.75, 3.05) is 26.2 Å². The number of rotatable bonds is 1. The van der Waals surface area contributed by atoms with Gasteiger partial charge >= 0.3 is 0 Å². The normalized spacial score (nSPS) is 28.8. The molecule has 6 heteroatoms. The predicted octanol–water partition coefficient (Wildman–Crippen LogP) is -1.66. The van der Waals surface area contributed by atoms with Crippen LogP contribution in [0, 0.1) is 0 Å². The summed E-state index contributed by atoms with van der Waals surface area (Å²) < 4.78 is 0. The summed E-state index contributed by atoms with van der Waals surface area (Å²) in [5, 5.41) is 8.73. The first-order chi connectivity index (χ1) is 5.31. The molecule has 0 amide bonds. The van der Waals surface area contributed by atoms with E-state index in [0.29, 0.717) is 0 Å². The molecule has 0 saturated carbocycles. The van der Waals surface area contributed by atoms with E-state index < -0.39 is 0 Å². The third-order valence-corrected chi connectivity index (χ3v) is 2.18. The van der Waals surface area contributed by atoms with Crippen LogP contribution in [-0.2, 0) is 0 Å². The summed E-state index contributed by atoms with van der Waals surface area (Å²) in [4.78, 5) is 0. The summed E-state index contributed by atoms with van der Waals surface area (Å²) in [6.45, 7) is 6.16. The van der Waals surface area contributed by atoms with Crippen LogP contribution in [0.15, 0.2) is 0 Å². The molecule has 0 atom stereocenters. The second kappa shape index (κ2) is 3.65. The van der Waals surface area contributed by atoms with Gasteiger partial charge in [-0.3, -0.25) is 10.6 Å². The molecule has 2 saturated heterocycles. The third-order valence-electron chi connectivity index (χ3n) is 2.18. The summed E-state index contributed by atoms with van der Waals surface area (Å²) in [5.41, 5.74) is 6.47. The van der Waals surface area contributed by atoms with Gasteiger partial charge in [-0.2, -0.15) is 0 Å². The smallest absolute Gasteiger partial charge is 0.150 e. The SMILES string of the molecule is CC1(N2NCCN2)NCCN1.N. The monoisotopic (exact) mass is 174 g/mol. The number of nitrogens with one attached hydrogen (secondary N) is 4. The van der Waals surface area contributed by atoms with E-state index in [9.17, 15) is 0 Å². The maximum atomic E-state index is 3.36. The Morgan fingerprint density at radius 1 is 1.00 bits per heavy atom. The minimum absolute atomic E-state index is 0. The third kappa shape index (κ3) is 1.58. The molecule has 0 aromatic rings.